The molecule has 1 atom stereocenters. The van der Waals surface area contributed by atoms with E-state index in [1.807, 2.05) is 26.2 Å². The lowest BCUT2D eigenvalue weighted by atomic mass is 10.1. The van der Waals surface area contributed by atoms with Crippen molar-refractivity contribution in [2.24, 2.45) is 0 Å². The van der Waals surface area contributed by atoms with Crippen LogP contribution in [-0.4, -0.2) is 31.3 Å². The second-order valence-electron chi connectivity index (χ2n) is 3.21. The van der Waals surface area contributed by atoms with Crippen LogP contribution in [0.5, 0.6) is 0 Å². The Labute approximate surface area is 85.5 Å². The molecular weight excluding hydrogens is 176 g/mol. The molecule has 0 spiro atoms. The fraction of sp³-hybridized carbons (Fsp3) is 0.545. The Kier molecular flexibility index (Phi) is 5.19. The summed E-state index contributed by atoms with van der Waals surface area (Å²) in [5.74, 6) is 0. The van der Waals surface area contributed by atoms with Crippen LogP contribution in [0, 0.1) is 0 Å². The monoisotopic (exact) mass is 194 g/mol. The van der Waals surface area contributed by atoms with Gasteiger partial charge in [-0.25, -0.2) is 0 Å². The van der Waals surface area contributed by atoms with Gasteiger partial charge in [-0.15, -0.1) is 0 Å². The number of hydrogen-bond donors (Lipinski definition) is 1. The van der Waals surface area contributed by atoms with Gasteiger partial charge in [-0.3, -0.25) is 4.98 Å². The van der Waals surface area contributed by atoms with E-state index in [0.717, 1.165) is 19.6 Å². The van der Waals surface area contributed by atoms with Gasteiger partial charge in [0, 0.05) is 25.0 Å². The molecule has 1 aromatic rings. The van der Waals surface area contributed by atoms with Crippen molar-refractivity contribution in [1.29, 1.82) is 0 Å². The predicted molar refractivity (Wildman–Crippen MR) is 57.3 cm³/mol. The van der Waals surface area contributed by atoms with E-state index in [-0.39, 0.29) is 0 Å². The number of hydrogen-bond acceptors (Lipinski definition) is 3. The normalized spacial score (nSPS) is 12.7. The number of rotatable bonds is 6. The van der Waals surface area contributed by atoms with Gasteiger partial charge in [-0.05, 0) is 32.0 Å². The molecule has 1 unspecified atom stereocenters. The van der Waals surface area contributed by atoms with Crippen molar-refractivity contribution in [3.63, 3.8) is 0 Å². The lowest BCUT2D eigenvalue weighted by Crippen LogP contribution is -2.32. The van der Waals surface area contributed by atoms with Crippen molar-refractivity contribution in [2.75, 3.05) is 20.3 Å². The molecule has 0 fully saturated rings. The Hall–Kier alpha value is -0.930. The van der Waals surface area contributed by atoms with Gasteiger partial charge in [0.2, 0.25) is 0 Å². The average molecular weight is 194 g/mol. The zero-order valence-electron chi connectivity index (χ0n) is 8.86. The van der Waals surface area contributed by atoms with Crippen LogP contribution in [-0.2, 0) is 11.2 Å². The van der Waals surface area contributed by atoms with Crippen LogP contribution in [0.1, 0.15) is 12.5 Å². The lowest BCUT2D eigenvalue weighted by Gasteiger charge is -2.15. The summed E-state index contributed by atoms with van der Waals surface area (Å²) in [6, 6.07) is 4.42. The molecule has 0 aliphatic heterocycles. The molecule has 1 rings (SSSR count). The summed E-state index contributed by atoms with van der Waals surface area (Å²) < 4.78 is 5.38. The van der Waals surface area contributed by atoms with E-state index >= 15 is 0 Å². The molecule has 14 heavy (non-hydrogen) atoms. The summed E-state index contributed by atoms with van der Waals surface area (Å²) in [6.07, 6.45) is 4.65. The molecule has 0 radical (unpaired) electrons. The smallest absolute Gasteiger partial charge is 0.0622 e. The summed E-state index contributed by atoms with van der Waals surface area (Å²) >= 11 is 0. The SMILES string of the molecule is CCOCC(Cc1cccnc1)NC. The lowest BCUT2D eigenvalue weighted by molar-refractivity contribution is 0.125. The van der Waals surface area contributed by atoms with Gasteiger partial charge in [-0.1, -0.05) is 6.07 Å². The van der Waals surface area contributed by atoms with Gasteiger partial charge in [0.1, 0.15) is 0 Å². The van der Waals surface area contributed by atoms with Crippen molar-refractivity contribution >= 4 is 0 Å². The van der Waals surface area contributed by atoms with Gasteiger partial charge in [-0.2, -0.15) is 0 Å². The number of nitrogens with zero attached hydrogens (tertiary/aromatic N) is 1. The third-order valence-corrected chi connectivity index (χ3v) is 2.14. The Morgan fingerprint density at radius 3 is 3.00 bits per heavy atom. The van der Waals surface area contributed by atoms with Crippen LogP contribution in [0.25, 0.3) is 0 Å². The van der Waals surface area contributed by atoms with Crippen LogP contribution >= 0.6 is 0 Å². The van der Waals surface area contributed by atoms with E-state index in [1.165, 1.54) is 5.56 Å². The highest BCUT2D eigenvalue weighted by Crippen LogP contribution is 2.01. The van der Waals surface area contributed by atoms with Crippen molar-refractivity contribution in [2.45, 2.75) is 19.4 Å². The average Bonchev–Trinajstić information content (AvgIpc) is 2.25. The first kappa shape index (κ1) is 11.1. The molecule has 0 amide bonds. The highest BCUT2D eigenvalue weighted by molar-refractivity contribution is 5.10. The van der Waals surface area contributed by atoms with Crippen LogP contribution in [0.2, 0.25) is 0 Å². The number of nitrogens with one attached hydrogen (secondary N) is 1. The fourth-order valence-corrected chi connectivity index (χ4v) is 1.31. The molecular formula is C11H18N2O. The zero-order valence-corrected chi connectivity index (χ0v) is 8.86. The summed E-state index contributed by atoms with van der Waals surface area (Å²) in [5.41, 5.74) is 1.24. The first-order valence-corrected chi connectivity index (χ1v) is 5.00. The van der Waals surface area contributed by atoms with Gasteiger partial charge in [0.25, 0.3) is 0 Å². The minimum absolute atomic E-state index is 0.374. The highest BCUT2D eigenvalue weighted by atomic mass is 16.5. The Morgan fingerprint density at radius 2 is 2.43 bits per heavy atom. The third kappa shape index (κ3) is 3.85. The Morgan fingerprint density at radius 1 is 1.57 bits per heavy atom. The van der Waals surface area contributed by atoms with Crippen molar-refractivity contribution in [3.8, 4) is 0 Å². The van der Waals surface area contributed by atoms with Crippen LogP contribution < -0.4 is 5.32 Å². The molecule has 3 heteroatoms. The van der Waals surface area contributed by atoms with Gasteiger partial charge in [0.15, 0.2) is 0 Å². The van der Waals surface area contributed by atoms with Crippen molar-refractivity contribution in [3.05, 3.63) is 30.1 Å². The largest absolute Gasteiger partial charge is 0.380 e. The molecule has 0 aliphatic carbocycles. The second kappa shape index (κ2) is 6.51. The molecule has 0 bridgehead atoms. The predicted octanol–water partition coefficient (Wildman–Crippen LogP) is 1.25. The minimum atomic E-state index is 0.374. The van der Waals surface area contributed by atoms with Crippen LogP contribution in [0.4, 0.5) is 0 Å². The molecule has 0 aliphatic rings. The van der Waals surface area contributed by atoms with E-state index in [4.69, 9.17) is 4.74 Å². The van der Waals surface area contributed by atoms with E-state index in [1.54, 1.807) is 6.20 Å². The Balaban J connectivity index is 2.40. The molecule has 0 aromatic carbocycles. The standard InChI is InChI=1S/C11H18N2O/c1-3-14-9-11(12-2)7-10-5-4-6-13-8-10/h4-6,8,11-12H,3,7,9H2,1-2H3. The summed E-state index contributed by atoms with van der Waals surface area (Å²) in [4.78, 5) is 4.08. The van der Waals surface area contributed by atoms with Gasteiger partial charge < -0.3 is 10.1 Å². The molecule has 3 nitrogen and oxygen atoms in total. The van der Waals surface area contributed by atoms with Gasteiger partial charge >= 0.3 is 0 Å². The summed E-state index contributed by atoms with van der Waals surface area (Å²) in [7, 11) is 1.96. The fourth-order valence-electron chi connectivity index (χ4n) is 1.31. The molecule has 1 aromatic heterocycles. The third-order valence-electron chi connectivity index (χ3n) is 2.14. The topological polar surface area (TPSA) is 34.1 Å². The van der Waals surface area contributed by atoms with Crippen LogP contribution in [0.3, 0.4) is 0 Å². The quantitative estimate of drug-likeness (QED) is 0.740. The van der Waals surface area contributed by atoms with E-state index in [2.05, 4.69) is 16.4 Å². The summed E-state index contributed by atoms with van der Waals surface area (Å²) in [6.45, 7) is 3.53. The second-order valence-corrected chi connectivity index (χ2v) is 3.21. The maximum atomic E-state index is 5.38. The first-order chi connectivity index (χ1) is 6.86. The number of ether oxygens (including phenoxy) is 1. The molecule has 0 saturated carbocycles. The zero-order chi connectivity index (χ0) is 10.2. The number of likely N-dealkylation sites (N-methyl/N-ethyl adjacent to an activating group) is 1. The van der Waals surface area contributed by atoms with Gasteiger partial charge in [0.05, 0.1) is 6.61 Å². The molecule has 78 valence electrons. The van der Waals surface area contributed by atoms with E-state index in [0.29, 0.717) is 6.04 Å². The van der Waals surface area contributed by atoms with E-state index < -0.39 is 0 Å². The van der Waals surface area contributed by atoms with E-state index in [9.17, 15) is 0 Å². The van der Waals surface area contributed by atoms with Crippen molar-refractivity contribution < 1.29 is 4.74 Å². The molecule has 1 heterocycles. The molecule has 0 saturated heterocycles. The van der Waals surface area contributed by atoms with Crippen molar-refractivity contribution in [1.82, 2.24) is 10.3 Å². The van der Waals surface area contributed by atoms with Crippen LogP contribution in [0.15, 0.2) is 24.5 Å². The first-order valence-electron chi connectivity index (χ1n) is 5.00. The number of pyridine rings is 1. The minimum Gasteiger partial charge on any atom is -0.380 e. The highest BCUT2D eigenvalue weighted by Gasteiger charge is 2.06. The maximum Gasteiger partial charge on any atom is 0.0622 e. The maximum absolute atomic E-state index is 5.38. The summed E-state index contributed by atoms with van der Waals surface area (Å²) in [5, 5.41) is 3.23. The number of aromatic nitrogens is 1. The Bertz CT molecular complexity index is 238. The molecule has 1 N–H and O–H groups in total.